The monoisotopic (exact) mass is 288 g/mol. The van der Waals surface area contributed by atoms with Crippen molar-refractivity contribution in [1.82, 2.24) is 9.88 Å². The van der Waals surface area contributed by atoms with Gasteiger partial charge in [-0.05, 0) is 24.5 Å². The summed E-state index contributed by atoms with van der Waals surface area (Å²) in [5.41, 5.74) is 0.410. The largest absolute Gasteiger partial charge is 0.394 e. The lowest BCUT2D eigenvalue weighted by Crippen LogP contribution is -2.39. The zero-order valence-electron chi connectivity index (χ0n) is 9.94. The highest BCUT2D eigenvalue weighted by Crippen LogP contribution is 2.26. The number of carbonyl (C=O) groups excluding carboxylic acids is 1. The topological polar surface area (TPSA) is 53.4 Å². The quantitative estimate of drug-likeness (QED) is 0.849. The van der Waals surface area contributed by atoms with E-state index in [1.165, 1.54) is 12.1 Å². The molecule has 1 aromatic heterocycles. The number of aliphatic hydroxyl groups is 1. The highest BCUT2D eigenvalue weighted by atomic mass is 35.5. The van der Waals surface area contributed by atoms with Gasteiger partial charge >= 0.3 is 0 Å². The van der Waals surface area contributed by atoms with E-state index in [1.54, 1.807) is 4.90 Å². The van der Waals surface area contributed by atoms with Crippen molar-refractivity contribution in [3.05, 3.63) is 28.0 Å². The average Bonchev–Trinajstić information content (AvgIpc) is 2.68. The summed E-state index contributed by atoms with van der Waals surface area (Å²) in [6.07, 6.45) is 0.892. The van der Waals surface area contributed by atoms with Crippen molar-refractivity contribution in [1.29, 1.82) is 0 Å². The molecular weight excluding hydrogens is 275 g/mol. The molecule has 0 aliphatic carbocycles. The van der Waals surface area contributed by atoms with E-state index in [9.17, 15) is 9.90 Å². The third-order valence-corrected chi connectivity index (χ3v) is 3.73. The molecule has 0 spiro atoms. The highest BCUT2D eigenvalue weighted by molar-refractivity contribution is 6.33. The molecule has 6 heteroatoms. The number of aliphatic hydroxyl groups excluding tert-OH is 1. The summed E-state index contributed by atoms with van der Waals surface area (Å²) < 4.78 is 0. The molecule has 1 aliphatic heterocycles. The zero-order valence-corrected chi connectivity index (χ0v) is 11.4. The summed E-state index contributed by atoms with van der Waals surface area (Å²) >= 11 is 11.6. The summed E-state index contributed by atoms with van der Waals surface area (Å²) in [5, 5.41) is 9.74. The first-order valence-corrected chi connectivity index (χ1v) is 6.53. The van der Waals surface area contributed by atoms with Crippen molar-refractivity contribution in [2.24, 2.45) is 5.92 Å². The van der Waals surface area contributed by atoms with Crippen LogP contribution >= 0.6 is 23.2 Å². The van der Waals surface area contributed by atoms with Gasteiger partial charge in [-0.15, -0.1) is 0 Å². The minimum absolute atomic E-state index is 0.0283. The lowest BCUT2D eigenvalue weighted by atomic mass is 10.0. The Morgan fingerprint density at radius 2 is 2.11 bits per heavy atom. The van der Waals surface area contributed by atoms with E-state index in [0.29, 0.717) is 18.0 Å². The molecule has 1 aromatic rings. The second-order valence-corrected chi connectivity index (χ2v) is 5.29. The van der Waals surface area contributed by atoms with Crippen molar-refractivity contribution in [2.45, 2.75) is 19.4 Å². The van der Waals surface area contributed by atoms with Crippen LogP contribution in [0.25, 0.3) is 0 Å². The van der Waals surface area contributed by atoms with Crippen LogP contribution in [0.5, 0.6) is 0 Å². The van der Waals surface area contributed by atoms with Gasteiger partial charge in [-0.3, -0.25) is 4.79 Å². The number of amides is 1. The molecule has 2 heterocycles. The molecule has 98 valence electrons. The van der Waals surface area contributed by atoms with Gasteiger partial charge in [0.05, 0.1) is 12.6 Å². The molecule has 0 saturated carbocycles. The summed E-state index contributed by atoms with van der Waals surface area (Å²) in [5.74, 6) is 0.135. The van der Waals surface area contributed by atoms with E-state index < -0.39 is 0 Å². The van der Waals surface area contributed by atoms with Crippen molar-refractivity contribution in [3.8, 4) is 0 Å². The zero-order chi connectivity index (χ0) is 13.3. The van der Waals surface area contributed by atoms with Crippen LogP contribution in [0.2, 0.25) is 10.3 Å². The van der Waals surface area contributed by atoms with E-state index in [0.717, 1.165) is 6.42 Å². The normalized spacial score (nSPS) is 23.4. The maximum atomic E-state index is 12.3. The van der Waals surface area contributed by atoms with E-state index in [1.807, 2.05) is 6.92 Å². The average molecular weight is 289 g/mol. The standard InChI is InChI=1S/C12H14Cl2N2O2/c1-7-2-3-16(9(7)6-17)12(18)8-4-10(13)15-11(14)5-8/h4-5,7,9,17H,2-3,6H2,1H3. The number of likely N-dealkylation sites (tertiary alicyclic amines) is 1. The van der Waals surface area contributed by atoms with Crippen LogP contribution in [0.1, 0.15) is 23.7 Å². The predicted octanol–water partition coefficient (Wildman–Crippen LogP) is 2.23. The smallest absolute Gasteiger partial charge is 0.254 e. The van der Waals surface area contributed by atoms with E-state index >= 15 is 0 Å². The number of hydrogen-bond acceptors (Lipinski definition) is 3. The van der Waals surface area contributed by atoms with Crippen LogP contribution in [-0.4, -0.2) is 40.1 Å². The second-order valence-electron chi connectivity index (χ2n) is 4.52. The van der Waals surface area contributed by atoms with Crippen LogP contribution in [0.15, 0.2) is 12.1 Å². The number of hydrogen-bond donors (Lipinski definition) is 1. The highest BCUT2D eigenvalue weighted by Gasteiger charge is 2.34. The van der Waals surface area contributed by atoms with Crippen LogP contribution < -0.4 is 0 Å². The second kappa shape index (κ2) is 5.43. The lowest BCUT2D eigenvalue weighted by Gasteiger charge is -2.25. The maximum absolute atomic E-state index is 12.3. The molecular formula is C12H14Cl2N2O2. The molecule has 2 atom stereocenters. The van der Waals surface area contributed by atoms with Crippen LogP contribution in [0, 0.1) is 5.92 Å². The predicted molar refractivity (Wildman–Crippen MR) is 69.9 cm³/mol. The first kappa shape index (κ1) is 13.6. The van der Waals surface area contributed by atoms with E-state index in [2.05, 4.69) is 4.98 Å². The summed E-state index contributed by atoms with van der Waals surface area (Å²) in [7, 11) is 0. The number of carbonyl (C=O) groups is 1. The summed E-state index contributed by atoms with van der Waals surface area (Å²) in [6, 6.07) is 2.85. The van der Waals surface area contributed by atoms with Crippen molar-refractivity contribution in [3.63, 3.8) is 0 Å². The Morgan fingerprint density at radius 1 is 1.50 bits per heavy atom. The van der Waals surface area contributed by atoms with E-state index in [4.69, 9.17) is 23.2 Å². The van der Waals surface area contributed by atoms with Gasteiger partial charge in [0.25, 0.3) is 5.91 Å². The fourth-order valence-electron chi connectivity index (χ4n) is 2.29. The van der Waals surface area contributed by atoms with Crippen molar-refractivity contribution in [2.75, 3.05) is 13.2 Å². The third kappa shape index (κ3) is 2.60. The Balaban J connectivity index is 2.25. The molecule has 0 bridgehead atoms. The van der Waals surface area contributed by atoms with Gasteiger partial charge in [0.15, 0.2) is 0 Å². The van der Waals surface area contributed by atoms with Crippen molar-refractivity contribution < 1.29 is 9.90 Å². The summed E-state index contributed by atoms with van der Waals surface area (Å²) in [6.45, 7) is 2.64. The molecule has 0 radical (unpaired) electrons. The fraction of sp³-hybridized carbons (Fsp3) is 0.500. The molecule has 1 N–H and O–H groups in total. The maximum Gasteiger partial charge on any atom is 0.254 e. The lowest BCUT2D eigenvalue weighted by molar-refractivity contribution is 0.0648. The van der Waals surface area contributed by atoms with Crippen LogP contribution in [0.3, 0.4) is 0 Å². The molecule has 2 rings (SSSR count). The molecule has 1 amide bonds. The SMILES string of the molecule is CC1CCN(C(=O)c2cc(Cl)nc(Cl)c2)C1CO. The van der Waals surface area contributed by atoms with Gasteiger partial charge in [-0.1, -0.05) is 30.1 Å². The number of nitrogens with zero attached hydrogens (tertiary/aromatic N) is 2. The third-order valence-electron chi connectivity index (χ3n) is 3.34. The molecule has 18 heavy (non-hydrogen) atoms. The van der Waals surface area contributed by atoms with Gasteiger partial charge in [-0.25, -0.2) is 4.98 Å². The summed E-state index contributed by atoms with van der Waals surface area (Å²) in [4.78, 5) is 17.8. The van der Waals surface area contributed by atoms with Gasteiger partial charge in [0, 0.05) is 12.1 Å². The number of pyridine rings is 1. The number of rotatable bonds is 2. The van der Waals surface area contributed by atoms with Gasteiger partial charge in [0.2, 0.25) is 0 Å². The van der Waals surface area contributed by atoms with Gasteiger partial charge < -0.3 is 10.0 Å². The van der Waals surface area contributed by atoms with Gasteiger partial charge in [0.1, 0.15) is 10.3 Å². The molecule has 1 aliphatic rings. The first-order valence-electron chi connectivity index (χ1n) is 5.78. The molecule has 4 nitrogen and oxygen atoms in total. The Morgan fingerprint density at radius 3 is 2.67 bits per heavy atom. The minimum atomic E-state index is -0.162. The molecule has 1 fully saturated rings. The molecule has 1 saturated heterocycles. The van der Waals surface area contributed by atoms with E-state index in [-0.39, 0.29) is 28.9 Å². The van der Waals surface area contributed by atoms with Crippen molar-refractivity contribution >= 4 is 29.1 Å². The first-order chi connectivity index (χ1) is 8.52. The Hall–Kier alpha value is -0.840. The van der Waals surface area contributed by atoms with Crippen LogP contribution in [0.4, 0.5) is 0 Å². The van der Waals surface area contributed by atoms with Crippen LogP contribution in [-0.2, 0) is 0 Å². The number of aromatic nitrogens is 1. The Kier molecular flexibility index (Phi) is 4.10. The molecule has 2 unspecified atom stereocenters. The Labute approximate surface area is 116 Å². The Bertz CT molecular complexity index is 447. The van der Waals surface area contributed by atoms with Gasteiger partial charge in [-0.2, -0.15) is 0 Å². The fourth-order valence-corrected chi connectivity index (χ4v) is 2.75. The number of halogens is 2. The molecule has 0 aromatic carbocycles. The minimum Gasteiger partial charge on any atom is -0.394 e.